The minimum atomic E-state index is -0.599. The molecule has 1 saturated carbocycles. The van der Waals surface area contributed by atoms with Crippen molar-refractivity contribution in [2.45, 2.75) is 58.0 Å². The predicted octanol–water partition coefficient (Wildman–Crippen LogP) is 1.45. The Hall–Kier alpha value is -0.650. The van der Waals surface area contributed by atoms with Crippen molar-refractivity contribution in [2.75, 3.05) is 26.4 Å². The normalized spacial score (nSPS) is 18.2. The van der Waals surface area contributed by atoms with Crippen LogP contribution in [0.25, 0.3) is 0 Å². The molecule has 0 aromatic rings. The van der Waals surface area contributed by atoms with Crippen LogP contribution in [0.2, 0.25) is 0 Å². The molecule has 0 aliphatic heterocycles. The van der Waals surface area contributed by atoms with Crippen molar-refractivity contribution < 1.29 is 14.3 Å². The molecule has 0 aromatic heterocycles. The van der Waals surface area contributed by atoms with Gasteiger partial charge in [-0.3, -0.25) is 4.79 Å². The molecule has 5 heteroatoms. The zero-order valence-electron chi connectivity index (χ0n) is 13.1. The Balaban J connectivity index is 2.04. The third-order valence-electron chi connectivity index (χ3n) is 3.43. The summed E-state index contributed by atoms with van der Waals surface area (Å²) < 4.78 is 10.9. The molecule has 0 radical (unpaired) electrons. The first-order valence-corrected chi connectivity index (χ1v) is 7.67. The first kappa shape index (κ1) is 17.4. The Kier molecular flexibility index (Phi) is 7.48. The second-order valence-electron chi connectivity index (χ2n) is 6.30. The Bertz CT molecular complexity index is 293. The number of nitrogens with two attached hydrogens (primary N) is 1. The highest BCUT2D eigenvalue weighted by atomic mass is 16.5. The highest BCUT2D eigenvalue weighted by molar-refractivity contribution is 5.84. The monoisotopic (exact) mass is 286 g/mol. The van der Waals surface area contributed by atoms with E-state index < -0.39 is 5.54 Å². The highest BCUT2D eigenvalue weighted by Gasteiger charge is 2.36. The third kappa shape index (κ3) is 7.22. The van der Waals surface area contributed by atoms with E-state index in [0.717, 1.165) is 25.9 Å². The van der Waals surface area contributed by atoms with E-state index in [9.17, 15) is 4.79 Å². The van der Waals surface area contributed by atoms with Crippen LogP contribution < -0.4 is 11.1 Å². The number of amides is 1. The van der Waals surface area contributed by atoms with Crippen molar-refractivity contribution in [3.63, 3.8) is 0 Å². The summed E-state index contributed by atoms with van der Waals surface area (Å²) in [6.07, 6.45) is 3.83. The summed E-state index contributed by atoms with van der Waals surface area (Å²) in [5.41, 5.74) is 4.89. The topological polar surface area (TPSA) is 73.6 Å². The molecule has 1 rings (SSSR count). The van der Waals surface area contributed by atoms with E-state index in [-0.39, 0.29) is 5.91 Å². The molecular formula is C15H30N2O3. The van der Waals surface area contributed by atoms with Gasteiger partial charge in [-0.05, 0) is 38.5 Å². The molecular weight excluding hydrogens is 256 g/mol. The van der Waals surface area contributed by atoms with E-state index in [1.54, 1.807) is 0 Å². The molecule has 20 heavy (non-hydrogen) atoms. The summed E-state index contributed by atoms with van der Waals surface area (Å²) in [6, 6.07) is 0.470. The van der Waals surface area contributed by atoms with Crippen LogP contribution in [0.3, 0.4) is 0 Å². The van der Waals surface area contributed by atoms with Gasteiger partial charge in [-0.2, -0.15) is 0 Å². The minimum Gasteiger partial charge on any atom is -0.379 e. The van der Waals surface area contributed by atoms with E-state index in [0.29, 0.717) is 38.2 Å². The van der Waals surface area contributed by atoms with Gasteiger partial charge in [0.05, 0.1) is 18.8 Å². The minimum absolute atomic E-state index is 0.273. The summed E-state index contributed by atoms with van der Waals surface area (Å²) in [5.74, 6) is 0.282. The van der Waals surface area contributed by atoms with Crippen LogP contribution in [0, 0.1) is 5.92 Å². The van der Waals surface area contributed by atoms with Crippen molar-refractivity contribution in [1.29, 1.82) is 0 Å². The SMILES string of the molecule is CC(C)COCCOCCCC(C)(NC1CC1)C(N)=O. The largest absolute Gasteiger partial charge is 0.379 e. The smallest absolute Gasteiger partial charge is 0.237 e. The van der Waals surface area contributed by atoms with E-state index in [4.69, 9.17) is 15.2 Å². The number of rotatable bonds is 12. The first-order valence-electron chi connectivity index (χ1n) is 7.67. The van der Waals surface area contributed by atoms with Crippen molar-refractivity contribution in [2.24, 2.45) is 11.7 Å². The van der Waals surface area contributed by atoms with Crippen LogP contribution in [0.15, 0.2) is 0 Å². The molecule has 1 amide bonds. The van der Waals surface area contributed by atoms with E-state index in [2.05, 4.69) is 19.2 Å². The maximum absolute atomic E-state index is 11.6. The summed E-state index contributed by atoms with van der Waals surface area (Å²) >= 11 is 0. The van der Waals surface area contributed by atoms with E-state index in [1.807, 2.05) is 6.92 Å². The summed E-state index contributed by atoms with van der Waals surface area (Å²) in [5, 5.41) is 3.34. The molecule has 118 valence electrons. The van der Waals surface area contributed by atoms with Crippen LogP contribution in [0.1, 0.15) is 46.5 Å². The van der Waals surface area contributed by atoms with Gasteiger partial charge in [0.2, 0.25) is 5.91 Å². The Morgan fingerprint density at radius 1 is 1.30 bits per heavy atom. The molecule has 5 nitrogen and oxygen atoms in total. The summed E-state index contributed by atoms with van der Waals surface area (Å²) in [7, 11) is 0. The molecule has 0 saturated heterocycles. The van der Waals surface area contributed by atoms with Crippen molar-refractivity contribution in [1.82, 2.24) is 5.32 Å². The van der Waals surface area contributed by atoms with Gasteiger partial charge in [0, 0.05) is 19.3 Å². The number of primary amides is 1. The number of hydrogen-bond donors (Lipinski definition) is 2. The molecule has 1 unspecified atom stereocenters. The molecule has 0 heterocycles. The van der Waals surface area contributed by atoms with Crippen molar-refractivity contribution in [3.8, 4) is 0 Å². The van der Waals surface area contributed by atoms with Crippen LogP contribution in [-0.2, 0) is 14.3 Å². The van der Waals surface area contributed by atoms with E-state index >= 15 is 0 Å². The molecule has 1 aliphatic rings. The first-order chi connectivity index (χ1) is 9.44. The molecule has 3 N–H and O–H groups in total. The zero-order valence-corrected chi connectivity index (χ0v) is 13.1. The van der Waals surface area contributed by atoms with Crippen LogP contribution in [0.5, 0.6) is 0 Å². The fourth-order valence-electron chi connectivity index (χ4n) is 2.01. The van der Waals surface area contributed by atoms with Gasteiger partial charge in [0.25, 0.3) is 0 Å². The fourth-order valence-corrected chi connectivity index (χ4v) is 2.01. The van der Waals surface area contributed by atoms with Gasteiger partial charge < -0.3 is 20.5 Å². The van der Waals surface area contributed by atoms with Gasteiger partial charge in [0.1, 0.15) is 0 Å². The van der Waals surface area contributed by atoms with Crippen LogP contribution >= 0.6 is 0 Å². The maximum Gasteiger partial charge on any atom is 0.237 e. The average Bonchev–Trinajstić information content (AvgIpc) is 3.15. The Labute approximate surface area is 122 Å². The number of hydrogen-bond acceptors (Lipinski definition) is 4. The van der Waals surface area contributed by atoms with Crippen molar-refractivity contribution in [3.05, 3.63) is 0 Å². The standard InChI is InChI=1S/C15H30N2O3/c1-12(2)11-20-10-9-19-8-4-7-15(3,14(16)18)17-13-5-6-13/h12-13,17H,4-11H2,1-3H3,(H2,16,18). The number of carbonyl (C=O) groups is 1. The van der Waals surface area contributed by atoms with Crippen molar-refractivity contribution >= 4 is 5.91 Å². The second-order valence-corrected chi connectivity index (χ2v) is 6.30. The Morgan fingerprint density at radius 2 is 1.95 bits per heavy atom. The fraction of sp³-hybridized carbons (Fsp3) is 0.933. The van der Waals surface area contributed by atoms with Gasteiger partial charge in [-0.1, -0.05) is 13.8 Å². The number of nitrogens with one attached hydrogen (secondary N) is 1. The van der Waals surface area contributed by atoms with Gasteiger partial charge in [-0.15, -0.1) is 0 Å². The number of ether oxygens (including phenoxy) is 2. The van der Waals surface area contributed by atoms with Gasteiger partial charge in [-0.25, -0.2) is 0 Å². The van der Waals surface area contributed by atoms with Gasteiger partial charge in [0.15, 0.2) is 0 Å². The lowest BCUT2D eigenvalue weighted by atomic mass is 9.95. The maximum atomic E-state index is 11.6. The average molecular weight is 286 g/mol. The highest BCUT2D eigenvalue weighted by Crippen LogP contribution is 2.24. The van der Waals surface area contributed by atoms with E-state index in [1.165, 1.54) is 0 Å². The zero-order chi connectivity index (χ0) is 15.0. The lowest BCUT2D eigenvalue weighted by molar-refractivity contribution is -0.124. The molecule has 1 atom stereocenters. The quantitative estimate of drug-likeness (QED) is 0.533. The van der Waals surface area contributed by atoms with Crippen LogP contribution in [0.4, 0.5) is 0 Å². The van der Waals surface area contributed by atoms with Crippen LogP contribution in [-0.4, -0.2) is 43.9 Å². The molecule has 0 aromatic carbocycles. The van der Waals surface area contributed by atoms with Gasteiger partial charge >= 0.3 is 0 Å². The lowest BCUT2D eigenvalue weighted by Gasteiger charge is -2.27. The lowest BCUT2D eigenvalue weighted by Crippen LogP contribution is -2.54. The number of carbonyl (C=O) groups excluding carboxylic acids is 1. The molecule has 1 fully saturated rings. The second kappa shape index (κ2) is 8.60. The molecule has 0 bridgehead atoms. The summed E-state index contributed by atoms with van der Waals surface area (Å²) in [4.78, 5) is 11.6. The Morgan fingerprint density at radius 3 is 2.50 bits per heavy atom. The summed E-state index contributed by atoms with van der Waals surface area (Å²) in [6.45, 7) is 8.78. The predicted molar refractivity (Wildman–Crippen MR) is 79.5 cm³/mol. The molecule has 0 spiro atoms. The molecule has 1 aliphatic carbocycles. The third-order valence-corrected chi connectivity index (χ3v) is 3.43.